The molecule has 0 amide bonds. The number of benzene rings is 1. The Morgan fingerprint density at radius 3 is 2.36 bits per heavy atom. The van der Waals surface area contributed by atoms with E-state index in [0.29, 0.717) is 5.56 Å². The van der Waals surface area contributed by atoms with Gasteiger partial charge >= 0.3 is 0 Å². The topological polar surface area (TPSA) is 52.5 Å². The zero-order chi connectivity index (χ0) is 10.6. The van der Waals surface area contributed by atoms with E-state index in [1.54, 1.807) is 18.2 Å². The normalized spacial score (nSPS) is 12.7. The van der Waals surface area contributed by atoms with E-state index in [9.17, 15) is 10.2 Å². The van der Waals surface area contributed by atoms with Gasteiger partial charge in [-0.3, -0.25) is 0 Å². The predicted molar refractivity (Wildman–Crippen MR) is 56.5 cm³/mol. The zero-order valence-corrected chi connectivity index (χ0v) is 8.62. The molecule has 0 heterocycles. The lowest BCUT2D eigenvalue weighted by Gasteiger charge is -2.16. The van der Waals surface area contributed by atoms with Crippen LogP contribution in [0.3, 0.4) is 0 Å². The Hall–Kier alpha value is -1.22. The first kappa shape index (κ1) is 10.9. The van der Waals surface area contributed by atoms with Crippen LogP contribution in [-0.2, 0) is 0 Å². The maximum atomic E-state index is 9.56. The number of nitrogens with one attached hydrogen (secondary N) is 1. The van der Waals surface area contributed by atoms with Crippen LogP contribution in [0, 0.1) is 0 Å². The molecule has 1 unspecified atom stereocenters. The van der Waals surface area contributed by atoms with E-state index in [1.807, 2.05) is 6.92 Å². The SMILES string of the molecule is CCCNC(C)c1c(O)cccc1O. The summed E-state index contributed by atoms with van der Waals surface area (Å²) in [7, 11) is 0. The molecule has 0 fully saturated rings. The van der Waals surface area contributed by atoms with E-state index in [2.05, 4.69) is 12.2 Å². The number of phenolic OH excluding ortho intramolecular Hbond substituents is 2. The highest BCUT2D eigenvalue weighted by Crippen LogP contribution is 2.31. The summed E-state index contributed by atoms with van der Waals surface area (Å²) in [5.74, 6) is 0.280. The highest BCUT2D eigenvalue weighted by Gasteiger charge is 2.13. The Labute approximate surface area is 84.4 Å². The van der Waals surface area contributed by atoms with Gasteiger partial charge in [0.1, 0.15) is 11.5 Å². The van der Waals surface area contributed by atoms with Gasteiger partial charge in [-0.25, -0.2) is 0 Å². The minimum absolute atomic E-state index is 0.0313. The zero-order valence-electron chi connectivity index (χ0n) is 8.62. The Kier molecular flexibility index (Phi) is 3.77. The van der Waals surface area contributed by atoms with Crippen LogP contribution in [0.4, 0.5) is 0 Å². The van der Waals surface area contributed by atoms with Crippen molar-refractivity contribution >= 4 is 0 Å². The largest absolute Gasteiger partial charge is 0.507 e. The van der Waals surface area contributed by atoms with Gasteiger partial charge in [0.15, 0.2) is 0 Å². The van der Waals surface area contributed by atoms with Crippen molar-refractivity contribution in [3.63, 3.8) is 0 Å². The maximum Gasteiger partial charge on any atom is 0.124 e. The average Bonchev–Trinajstić information content (AvgIpc) is 2.14. The van der Waals surface area contributed by atoms with Gasteiger partial charge in [0.05, 0.1) is 5.56 Å². The monoisotopic (exact) mass is 195 g/mol. The highest BCUT2D eigenvalue weighted by molar-refractivity contribution is 5.44. The Bertz CT molecular complexity index is 279. The molecule has 0 bridgehead atoms. The Balaban J connectivity index is 2.82. The van der Waals surface area contributed by atoms with Crippen molar-refractivity contribution in [3.05, 3.63) is 23.8 Å². The van der Waals surface area contributed by atoms with Crippen LogP contribution in [0.2, 0.25) is 0 Å². The van der Waals surface area contributed by atoms with Crippen LogP contribution >= 0.6 is 0 Å². The summed E-state index contributed by atoms with van der Waals surface area (Å²) < 4.78 is 0. The summed E-state index contributed by atoms with van der Waals surface area (Å²) in [6, 6.07) is 4.76. The van der Waals surface area contributed by atoms with Crippen molar-refractivity contribution in [2.75, 3.05) is 6.54 Å². The molecule has 0 aromatic heterocycles. The van der Waals surface area contributed by atoms with Gasteiger partial charge in [0.25, 0.3) is 0 Å². The molecule has 1 aromatic rings. The molecule has 0 spiro atoms. The number of aromatic hydroxyl groups is 2. The van der Waals surface area contributed by atoms with Crippen molar-refractivity contribution in [1.29, 1.82) is 0 Å². The molecule has 3 N–H and O–H groups in total. The van der Waals surface area contributed by atoms with Gasteiger partial charge in [0.2, 0.25) is 0 Å². The molecule has 1 atom stereocenters. The van der Waals surface area contributed by atoms with Crippen molar-refractivity contribution < 1.29 is 10.2 Å². The third-order valence-corrected chi connectivity index (χ3v) is 2.19. The minimum atomic E-state index is -0.0313. The van der Waals surface area contributed by atoms with Gasteiger partial charge in [-0.05, 0) is 32.0 Å². The van der Waals surface area contributed by atoms with Crippen LogP contribution in [-0.4, -0.2) is 16.8 Å². The quantitative estimate of drug-likeness (QED) is 0.690. The van der Waals surface area contributed by atoms with E-state index >= 15 is 0 Å². The molecule has 1 aromatic carbocycles. The lowest BCUT2D eigenvalue weighted by atomic mass is 10.1. The number of hydrogen-bond acceptors (Lipinski definition) is 3. The van der Waals surface area contributed by atoms with Crippen molar-refractivity contribution in [3.8, 4) is 11.5 Å². The van der Waals surface area contributed by atoms with E-state index in [1.165, 1.54) is 0 Å². The van der Waals surface area contributed by atoms with Crippen LogP contribution in [0.5, 0.6) is 11.5 Å². The highest BCUT2D eigenvalue weighted by atomic mass is 16.3. The fourth-order valence-corrected chi connectivity index (χ4v) is 1.45. The molecule has 0 radical (unpaired) electrons. The standard InChI is InChI=1S/C11H17NO2/c1-3-7-12-8(2)11-9(13)5-4-6-10(11)14/h4-6,8,12-14H,3,7H2,1-2H3. The molecular formula is C11H17NO2. The third kappa shape index (κ3) is 2.39. The van der Waals surface area contributed by atoms with E-state index in [4.69, 9.17) is 0 Å². The summed E-state index contributed by atoms with van der Waals surface area (Å²) in [5, 5.41) is 22.3. The molecule has 1 rings (SSSR count). The van der Waals surface area contributed by atoms with Gasteiger partial charge < -0.3 is 15.5 Å². The van der Waals surface area contributed by atoms with E-state index in [-0.39, 0.29) is 17.5 Å². The second-order valence-corrected chi connectivity index (χ2v) is 3.39. The van der Waals surface area contributed by atoms with E-state index in [0.717, 1.165) is 13.0 Å². The summed E-state index contributed by atoms with van der Waals surface area (Å²) in [6.45, 7) is 4.86. The molecule has 78 valence electrons. The first-order valence-electron chi connectivity index (χ1n) is 4.91. The number of rotatable bonds is 4. The predicted octanol–water partition coefficient (Wildman–Crippen LogP) is 2.16. The maximum absolute atomic E-state index is 9.56. The summed E-state index contributed by atoms with van der Waals surface area (Å²) >= 11 is 0. The first-order valence-corrected chi connectivity index (χ1v) is 4.91. The van der Waals surface area contributed by atoms with Crippen molar-refractivity contribution in [2.45, 2.75) is 26.3 Å². The van der Waals surface area contributed by atoms with Gasteiger partial charge in [-0.1, -0.05) is 13.0 Å². The molecular weight excluding hydrogens is 178 g/mol. The summed E-state index contributed by atoms with van der Waals surface area (Å²) in [4.78, 5) is 0. The fourth-order valence-electron chi connectivity index (χ4n) is 1.45. The molecule has 0 aliphatic heterocycles. The van der Waals surface area contributed by atoms with Gasteiger partial charge in [0, 0.05) is 6.04 Å². The average molecular weight is 195 g/mol. The lowest BCUT2D eigenvalue weighted by molar-refractivity contribution is 0.419. The molecule has 0 aliphatic carbocycles. The van der Waals surface area contributed by atoms with Gasteiger partial charge in [-0.15, -0.1) is 0 Å². The van der Waals surface area contributed by atoms with Crippen molar-refractivity contribution in [1.82, 2.24) is 5.32 Å². The second-order valence-electron chi connectivity index (χ2n) is 3.39. The fraction of sp³-hybridized carbons (Fsp3) is 0.455. The number of phenols is 2. The Morgan fingerprint density at radius 2 is 1.86 bits per heavy atom. The van der Waals surface area contributed by atoms with Crippen molar-refractivity contribution in [2.24, 2.45) is 0 Å². The van der Waals surface area contributed by atoms with Crippen LogP contribution in [0.25, 0.3) is 0 Å². The smallest absolute Gasteiger partial charge is 0.124 e. The molecule has 0 saturated heterocycles. The second kappa shape index (κ2) is 4.86. The Morgan fingerprint density at radius 1 is 1.29 bits per heavy atom. The van der Waals surface area contributed by atoms with Crippen LogP contribution in [0.15, 0.2) is 18.2 Å². The lowest BCUT2D eigenvalue weighted by Crippen LogP contribution is -2.19. The molecule has 14 heavy (non-hydrogen) atoms. The van der Waals surface area contributed by atoms with Crippen LogP contribution < -0.4 is 5.32 Å². The van der Waals surface area contributed by atoms with Crippen LogP contribution in [0.1, 0.15) is 31.9 Å². The molecule has 0 aliphatic rings. The minimum Gasteiger partial charge on any atom is -0.507 e. The third-order valence-electron chi connectivity index (χ3n) is 2.19. The first-order chi connectivity index (χ1) is 6.66. The van der Waals surface area contributed by atoms with Gasteiger partial charge in [-0.2, -0.15) is 0 Å². The molecule has 3 heteroatoms. The summed E-state index contributed by atoms with van der Waals surface area (Å²) in [6.07, 6.45) is 1.03. The summed E-state index contributed by atoms with van der Waals surface area (Å²) in [5.41, 5.74) is 0.570. The number of hydrogen-bond donors (Lipinski definition) is 3. The molecule has 0 saturated carbocycles. The van der Waals surface area contributed by atoms with E-state index < -0.39 is 0 Å². The molecule has 3 nitrogen and oxygen atoms in total.